The van der Waals surface area contributed by atoms with Crippen molar-refractivity contribution in [1.82, 2.24) is 10.2 Å². The number of nitrogens with two attached hydrogens (primary N) is 1. The maximum absolute atomic E-state index is 5.60. The molecule has 5 nitrogen and oxygen atoms in total. The Morgan fingerprint density at radius 2 is 1.71 bits per heavy atom. The summed E-state index contributed by atoms with van der Waals surface area (Å²) in [6.45, 7) is 0.756. The van der Waals surface area contributed by atoms with Gasteiger partial charge < -0.3 is 14.9 Å². The average molecular weight is 281 g/mol. The van der Waals surface area contributed by atoms with E-state index in [9.17, 15) is 0 Å². The first-order valence-corrected chi connectivity index (χ1v) is 6.65. The van der Waals surface area contributed by atoms with Gasteiger partial charge in [-0.15, -0.1) is 10.2 Å². The third kappa shape index (κ3) is 3.27. The topological polar surface area (TPSA) is 74.2 Å². The summed E-state index contributed by atoms with van der Waals surface area (Å²) in [7, 11) is 0. The predicted molar refractivity (Wildman–Crippen MR) is 78.4 cm³/mol. The van der Waals surface area contributed by atoms with E-state index in [-0.39, 0.29) is 6.61 Å². The first kappa shape index (κ1) is 13.3. The average Bonchev–Trinajstić information content (AvgIpc) is 3.03. The van der Waals surface area contributed by atoms with Crippen LogP contribution in [0.25, 0.3) is 11.5 Å². The highest BCUT2D eigenvalue weighted by Gasteiger charge is 2.08. The quantitative estimate of drug-likeness (QED) is 0.778. The molecule has 0 fully saturated rings. The summed E-state index contributed by atoms with van der Waals surface area (Å²) < 4.78 is 11.2. The van der Waals surface area contributed by atoms with Crippen molar-refractivity contribution in [3.8, 4) is 17.2 Å². The Hall–Kier alpha value is -2.66. The molecule has 3 aromatic rings. The Morgan fingerprint density at radius 1 is 0.952 bits per heavy atom. The molecule has 0 spiro atoms. The van der Waals surface area contributed by atoms with Crippen LogP contribution >= 0.6 is 0 Å². The third-order valence-electron chi connectivity index (χ3n) is 3.01. The molecule has 1 heterocycles. The second-order valence-electron chi connectivity index (χ2n) is 4.50. The van der Waals surface area contributed by atoms with Crippen molar-refractivity contribution in [2.45, 2.75) is 13.2 Å². The SMILES string of the molecule is NCc1ccc(OCc2nnc(-c3ccccc3)o2)cc1. The van der Waals surface area contributed by atoms with Crippen molar-refractivity contribution in [2.75, 3.05) is 0 Å². The molecule has 0 amide bonds. The highest BCUT2D eigenvalue weighted by atomic mass is 16.5. The van der Waals surface area contributed by atoms with Crippen LogP contribution in [0.5, 0.6) is 5.75 Å². The van der Waals surface area contributed by atoms with Crippen molar-refractivity contribution in [2.24, 2.45) is 5.73 Å². The normalized spacial score (nSPS) is 10.5. The zero-order valence-corrected chi connectivity index (χ0v) is 11.4. The van der Waals surface area contributed by atoms with E-state index in [1.54, 1.807) is 0 Å². The van der Waals surface area contributed by atoms with Gasteiger partial charge in [0.1, 0.15) is 5.75 Å². The van der Waals surface area contributed by atoms with Gasteiger partial charge in [0, 0.05) is 12.1 Å². The smallest absolute Gasteiger partial charge is 0.254 e. The van der Waals surface area contributed by atoms with Crippen LogP contribution in [-0.4, -0.2) is 10.2 Å². The van der Waals surface area contributed by atoms with E-state index in [2.05, 4.69) is 10.2 Å². The third-order valence-corrected chi connectivity index (χ3v) is 3.01. The van der Waals surface area contributed by atoms with E-state index in [1.807, 2.05) is 54.6 Å². The Labute approximate surface area is 122 Å². The Bertz CT molecular complexity index is 693. The number of benzene rings is 2. The summed E-state index contributed by atoms with van der Waals surface area (Å²) in [6.07, 6.45) is 0. The van der Waals surface area contributed by atoms with Crippen LogP contribution in [0.1, 0.15) is 11.5 Å². The maximum Gasteiger partial charge on any atom is 0.254 e. The number of aromatic nitrogens is 2. The molecule has 0 aliphatic heterocycles. The van der Waals surface area contributed by atoms with Gasteiger partial charge in [0.05, 0.1) is 0 Å². The van der Waals surface area contributed by atoms with Crippen LogP contribution in [-0.2, 0) is 13.2 Å². The van der Waals surface area contributed by atoms with Gasteiger partial charge in [-0.2, -0.15) is 0 Å². The molecule has 0 aliphatic carbocycles. The lowest BCUT2D eigenvalue weighted by Gasteiger charge is -2.03. The summed E-state index contributed by atoms with van der Waals surface area (Å²) in [5.74, 6) is 1.68. The van der Waals surface area contributed by atoms with E-state index < -0.39 is 0 Å². The second-order valence-corrected chi connectivity index (χ2v) is 4.50. The van der Waals surface area contributed by atoms with Gasteiger partial charge in [0.25, 0.3) is 5.89 Å². The van der Waals surface area contributed by atoms with Gasteiger partial charge in [0.2, 0.25) is 5.89 Å². The molecule has 2 aromatic carbocycles. The number of hydrogen-bond donors (Lipinski definition) is 1. The molecule has 0 unspecified atom stereocenters. The Morgan fingerprint density at radius 3 is 2.43 bits per heavy atom. The molecular weight excluding hydrogens is 266 g/mol. The Kier molecular flexibility index (Phi) is 3.93. The summed E-state index contributed by atoms with van der Waals surface area (Å²) in [6, 6.07) is 17.2. The zero-order chi connectivity index (χ0) is 14.5. The van der Waals surface area contributed by atoms with Gasteiger partial charge in [0.15, 0.2) is 6.61 Å². The minimum atomic E-state index is 0.238. The molecule has 2 N–H and O–H groups in total. The number of ether oxygens (including phenoxy) is 1. The first-order valence-electron chi connectivity index (χ1n) is 6.65. The number of hydrogen-bond acceptors (Lipinski definition) is 5. The highest BCUT2D eigenvalue weighted by molar-refractivity contribution is 5.51. The lowest BCUT2D eigenvalue weighted by molar-refractivity contribution is 0.264. The second kappa shape index (κ2) is 6.19. The number of nitrogens with zero attached hydrogens (tertiary/aromatic N) is 2. The fourth-order valence-corrected chi connectivity index (χ4v) is 1.88. The van der Waals surface area contributed by atoms with E-state index in [0.29, 0.717) is 18.3 Å². The maximum atomic E-state index is 5.60. The molecular formula is C16H15N3O2. The van der Waals surface area contributed by atoms with E-state index in [1.165, 1.54) is 0 Å². The molecule has 0 bridgehead atoms. The van der Waals surface area contributed by atoms with Gasteiger partial charge in [-0.05, 0) is 29.8 Å². The van der Waals surface area contributed by atoms with Crippen LogP contribution < -0.4 is 10.5 Å². The first-order chi connectivity index (χ1) is 10.3. The molecule has 0 saturated carbocycles. The number of rotatable bonds is 5. The van der Waals surface area contributed by atoms with Crippen LogP contribution in [0.3, 0.4) is 0 Å². The monoisotopic (exact) mass is 281 g/mol. The van der Waals surface area contributed by atoms with Crippen molar-refractivity contribution in [3.63, 3.8) is 0 Å². The van der Waals surface area contributed by atoms with Crippen LogP contribution in [0, 0.1) is 0 Å². The van der Waals surface area contributed by atoms with Gasteiger partial charge in [-0.1, -0.05) is 30.3 Å². The fraction of sp³-hybridized carbons (Fsp3) is 0.125. The van der Waals surface area contributed by atoms with Gasteiger partial charge >= 0.3 is 0 Å². The molecule has 1 aromatic heterocycles. The van der Waals surface area contributed by atoms with Crippen LogP contribution in [0.4, 0.5) is 0 Å². The van der Waals surface area contributed by atoms with Crippen LogP contribution in [0.2, 0.25) is 0 Å². The summed E-state index contributed by atoms with van der Waals surface area (Å²) in [4.78, 5) is 0. The zero-order valence-electron chi connectivity index (χ0n) is 11.4. The molecule has 0 saturated heterocycles. The lowest BCUT2D eigenvalue weighted by Crippen LogP contribution is -1.98. The van der Waals surface area contributed by atoms with E-state index >= 15 is 0 Å². The molecule has 5 heteroatoms. The van der Waals surface area contributed by atoms with Crippen molar-refractivity contribution >= 4 is 0 Å². The van der Waals surface area contributed by atoms with Crippen molar-refractivity contribution in [3.05, 3.63) is 66.1 Å². The van der Waals surface area contributed by atoms with Crippen LogP contribution in [0.15, 0.2) is 59.0 Å². The summed E-state index contributed by atoms with van der Waals surface area (Å²) >= 11 is 0. The summed E-state index contributed by atoms with van der Waals surface area (Å²) in [5, 5.41) is 7.99. The van der Waals surface area contributed by atoms with Gasteiger partial charge in [-0.3, -0.25) is 0 Å². The highest BCUT2D eigenvalue weighted by Crippen LogP contribution is 2.18. The predicted octanol–water partition coefficient (Wildman–Crippen LogP) is 2.77. The largest absolute Gasteiger partial charge is 0.484 e. The molecule has 3 rings (SSSR count). The van der Waals surface area contributed by atoms with E-state index in [4.69, 9.17) is 14.9 Å². The van der Waals surface area contributed by atoms with Crippen molar-refractivity contribution in [1.29, 1.82) is 0 Å². The van der Waals surface area contributed by atoms with E-state index in [0.717, 1.165) is 16.9 Å². The van der Waals surface area contributed by atoms with Gasteiger partial charge in [-0.25, -0.2) is 0 Å². The molecule has 0 radical (unpaired) electrons. The lowest BCUT2D eigenvalue weighted by atomic mass is 10.2. The minimum Gasteiger partial charge on any atom is -0.484 e. The Balaban J connectivity index is 1.64. The molecule has 106 valence electrons. The molecule has 0 atom stereocenters. The fourth-order valence-electron chi connectivity index (χ4n) is 1.88. The summed E-state index contributed by atoms with van der Waals surface area (Å²) in [5.41, 5.74) is 7.50. The minimum absolute atomic E-state index is 0.238. The molecule has 0 aliphatic rings. The standard InChI is InChI=1S/C16H15N3O2/c17-10-12-6-8-14(9-7-12)20-11-15-18-19-16(21-15)13-4-2-1-3-5-13/h1-9H,10-11,17H2. The van der Waals surface area contributed by atoms with Crippen molar-refractivity contribution < 1.29 is 9.15 Å². The molecule has 21 heavy (non-hydrogen) atoms.